The summed E-state index contributed by atoms with van der Waals surface area (Å²) in [7, 11) is 1.46. The largest absolute Gasteiger partial charge is 0.493 e. The summed E-state index contributed by atoms with van der Waals surface area (Å²) < 4.78 is 12.1. The Bertz CT molecular complexity index is 1010. The monoisotopic (exact) mass is 392 g/mol. The van der Waals surface area contributed by atoms with Gasteiger partial charge in [-0.1, -0.05) is 44.2 Å². The van der Waals surface area contributed by atoms with Crippen LogP contribution in [-0.4, -0.2) is 35.2 Å². The van der Waals surface area contributed by atoms with Crippen molar-refractivity contribution in [3.05, 3.63) is 77.1 Å². The van der Waals surface area contributed by atoms with Gasteiger partial charge in [0.25, 0.3) is 0 Å². The molecule has 3 rings (SSSR count). The zero-order valence-electron chi connectivity index (χ0n) is 16.8. The zero-order valence-corrected chi connectivity index (χ0v) is 16.8. The van der Waals surface area contributed by atoms with E-state index in [4.69, 9.17) is 9.47 Å². The number of carbonyl (C=O) groups excluding carboxylic acids is 2. The molecule has 0 aliphatic heterocycles. The minimum atomic E-state index is -0.699. The lowest BCUT2D eigenvalue weighted by Crippen LogP contribution is -2.17. The van der Waals surface area contributed by atoms with Gasteiger partial charge in [-0.3, -0.25) is 4.79 Å². The minimum Gasteiger partial charge on any atom is -0.493 e. The summed E-state index contributed by atoms with van der Waals surface area (Å²) in [6, 6.07) is 15.2. The fourth-order valence-electron chi connectivity index (χ4n) is 3.05. The molecule has 1 aromatic heterocycles. The molecule has 6 nitrogen and oxygen atoms in total. The molecule has 0 bridgehead atoms. The number of hydrogen-bond donors (Lipinski definition) is 0. The Hall–Kier alpha value is -3.41. The van der Waals surface area contributed by atoms with Crippen LogP contribution in [0.5, 0.6) is 5.75 Å². The van der Waals surface area contributed by atoms with Crippen molar-refractivity contribution in [2.45, 2.75) is 26.7 Å². The third kappa shape index (κ3) is 4.54. The molecule has 0 N–H and O–H groups in total. The fourth-order valence-corrected chi connectivity index (χ4v) is 3.05. The van der Waals surface area contributed by atoms with E-state index in [1.54, 1.807) is 6.20 Å². The first kappa shape index (κ1) is 20.3. The van der Waals surface area contributed by atoms with E-state index in [-0.39, 0.29) is 23.8 Å². The first-order chi connectivity index (χ1) is 14.1. The lowest BCUT2D eigenvalue weighted by Gasteiger charge is -2.09. The van der Waals surface area contributed by atoms with Crippen LogP contribution in [0.15, 0.2) is 54.7 Å². The average Bonchev–Trinajstić information content (AvgIpc) is 3.22. The molecule has 0 aliphatic carbocycles. The van der Waals surface area contributed by atoms with Gasteiger partial charge >= 0.3 is 5.97 Å². The van der Waals surface area contributed by atoms with Crippen molar-refractivity contribution < 1.29 is 19.1 Å². The number of esters is 1. The van der Waals surface area contributed by atoms with E-state index in [9.17, 15) is 9.59 Å². The summed E-state index contributed by atoms with van der Waals surface area (Å²) in [6.07, 6.45) is 3.17. The lowest BCUT2D eigenvalue weighted by molar-refractivity contribution is 0.0465. The highest BCUT2D eigenvalue weighted by atomic mass is 16.5. The van der Waals surface area contributed by atoms with E-state index in [0.717, 1.165) is 29.7 Å². The fraction of sp³-hybridized carbons (Fsp3) is 0.261. The van der Waals surface area contributed by atoms with Gasteiger partial charge < -0.3 is 9.47 Å². The molecule has 0 amide bonds. The quantitative estimate of drug-likeness (QED) is 0.427. The maximum Gasteiger partial charge on any atom is 0.363 e. The Morgan fingerprint density at radius 1 is 1.03 bits per heavy atom. The number of nitrogens with zero attached hydrogens (tertiary/aromatic N) is 2. The van der Waals surface area contributed by atoms with E-state index in [2.05, 4.69) is 5.10 Å². The van der Waals surface area contributed by atoms with Crippen LogP contribution < -0.4 is 4.74 Å². The van der Waals surface area contributed by atoms with Crippen LogP contribution in [0.25, 0.3) is 5.69 Å². The second kappa shape index (κ2) is 9.19. The lowest BCUT2D eigenvalue weighted by atomic mass is 9.98. The molecule has 0 fully saturated rings. The molecule has 0 saturated heterocycles. The van der Waals surface area contributed by atoms with E-state index in [1.165, 1.54) is 11.8 Å². The van der Waals surface area contributed by atoms with Crippen LogP contribution in [0.4, 0.5) is 0 Å². The predicted octanol–water partition coefficient (Wildman–Crippen LogP) is 4.05. The standard InChI is InChI=1S/C23H24N2O4/c1-4-16-11-12-17(5-2)19(13-16)20(26)15-29-23(27)22-21(28-3)14-25(24-22)18-9-7-6-8-10-18/h6-14H,4-5,15H2,1-3H3. The van der Waals surface area contributed by atoms with Gasteiger partial charge in [0, 0.05) is 5.56 Å². The maximum atomic E-state index is 12.7. The van der Waals surface area contributed by atoms with Crippen LogP contribution in [0, 0.1) is 0 Å². The summed E-state index contributed by atoms with van der Waals surface area (Å²) in [5.74, 6) is -0.643. The summed E-state index contributed by atoms with van der Waals surface area (Å²) in [5, 5.41) is 4.27. The zero-order chi connectivity index (χ0) is 20.8. The first-order valence-electron chi connectivity index (χ1n) is 9.58. The number of Topliss-reactive ketones (excluding diaryl/α,β-unsaturated/α-hetero) is 1. The maximum absolute atomic E-state index is 12.7. The normalized spacial score (nSPS) is 10.6. The second-order valence-corrected chi connectivity index (χ2v) is 6.52. The van der Waals surface area contributed by atoms with E-state index >= 15 is 0 Å². The average molecular weight is 392 g/mol. The highest BCUT2D eigenvalue weighted by Crippen LogP contribution is 2.21. The smallest absolute Gasteiger partial charge is 0.363 e. The van der Waals surface area contributed by atoms with Gasteiger partial charge in [0.1, 0.15) is 0 Å². The van der Waals surface area contributed by atoms with Crippen molar-refractivity contribution >= 4 is 11.8 Å². The molecule has 0 radical (unpaired) electrons. The number of aromatic nitrogens is 2. The molecule has 0 saturated carbocycles. The molecule has 6 heteroatoms. The minimum absolute atomic E-state index is 0.0298. The molecule has 3 aromatic rings. The SMILES string of the molecule is CCc1ccc(CC)c(C(=O)COC(=O)c2nn(-c3ccccc3)cc2OC)c1. The van der Waals surface area contributed by atoms with Crippen molar-refractivity contribution in [3.8, 4) is 11.4 Å². The van der Waals surface area contributed by atoms with Crippen molar-refractivity contribution in [2.24, 2.45) is 0 Å². The number of hydrogen-bond acceptors (Lipinski definition) is 5. The van der Waals surface area contributed by atoms with Crippen molar-refractivity contribution in [3.63, 3.8) is 0 Å². The molecule has 1 heterocycles. The highest BCUT2D eigenvalue weighted by molar-refractivity contribution is 6.00. The Morgan fingerprint density at radius 2 is 1.79 bits per heavy atom. The van der Waals surface area contributed by atoms with Gasteiger partial charge in [-0.05, 0) is 42.2 Å². The predicted molar refractivity (Wildman–Crippen MR) is 110 cm³/mol. The Labute approximate surface area is 170 Å². The van der Waals surface area contributed by atoms with E-state index in [0.29, 0.717) is 5.56 Å². The molecular formula is C23H24N2O4. The van der Waals surface area contributed by atoms with Crippen LogP contribution in [0.2, 0.25) is 0 Å². The summed E-state index contributed by atoms with van der Waals surface area (Å²) in [4.78, 5) is 25.2. The molecule has 2 aromatic carbocycles. The van der Waals surface area contributed by atoms with E-state index < -0.39 is 5.97 Å². The number of carbonyl (C=O) groups is 2. The topological polar surface area (TPSA) is 70.4 Å². The second-order valence-electron chi connectivity index (χ2n) is 6.52. The third-order valence-electron chi connectivity index (χ3n) is 4.71. The van der Waals surface area contributed by atoms with Gasteiger partial charge in [-0.25, -0.2) is 9.48 Å². The van der Waals surface area contributed by atoms with Gasteiger partial charge in [0.2, 0.25) is 11.5 Å². The number of benzene rings is 2. The molecule has 29 heavy (non-hydrogen) atoms. The number of ketones is 1. The molecule has 0 unspecified atom stereocenters. The van der Waals surface area contributed by atoms with Crippen molar-refractivity contribution in [2.75, 3.05) is 13.7 Å². The number of rotatable bonds is 8. The Kier molecular flexibility index (Phi) is 6.44. The highest BCUT2D eigenvalue weighted by Gasteiger charge is 2.22. The number of para-hydroxylation sites is 1. The molecular weight excluding hydrogens is 368 g/mol. The van der Waals surface area contributed by atoms with Gasteiger partial charge in [-0.15, -0.1) is 0 Å². The Balaban J connectivity index is 1.76. The van der Waals surface area contributed by atoms with Gasteiger partial charge in [0.05, 0.1) is 19.0 Å². The number of aryl methyl sites for hydroxylation is 2. The third-order valence-corrected chi connectivity index (χ3v) is 4.71. The summed E-state index contributed by atoms with van der Waals surface area (Å²) in [6.45, 7) is 3.68. The van der Waals surface area contributed by atoms with Crippen LogP contribution in [-0.2, 0) is 17.6 Å². The van der Waals surface area contributed by atoms with Crippen molar-refractivity contribution in [1.82, 2.24) is 9.78 Å². The summed E-state index contributed by atoms with van der Waals surface area (Å²) >= 11 is 0. The van der Waals surface area contributed by atoms with Crippen LogP contribution >= 0.6 is 0 Å². The van der Waals surface area contributed by atoms with Gasteiger partial charge in [0.15, 0.2) is 12.4 Å². The number of methoxy groups -OCH3 is 1. The number of ether oxygens (including phenoxy) is 2. The van der Waals surface area contributed by atoms with Crippen LogP contribution in [0.1, 0.15) is 45.8 Å². The van der Waals surface area contributed by atoms with Crippen molar-refractivity contribution in [1.29, 1.82) is 0 Å². The van der Waals surface area contributed by atoms with Crippen LogP contribution in [0.3, 0.4) is 0 Å². The molecule has 0 atom stereocenters. The molecule has 0 spiro atoms. The Morgan fingerprint density at radius 3 is 2.45 bits per heavy atom. The first-order valence-corrected chi connectivity index (χ1v) is 9.58. The molecule has 150 valence electrons. The molecule has 0 aliphatic rings. The summed E-state index contributed by atoms with van der Waals surface area (Å²) in [5.41, 5.74) is 3.42. The van der Waals surface area contributed by atoms with E-state index in [1.807, 2.05) is 62.4 Å². The van der Waals surface area contributed by atoms with Gasteiger partial charge in [-0.2, -0.15) is 5.10 Å².